The van der Waals surface area contributed by atoms with E-state index in [0.717, 1.165) is 31.7 Å². The van der Waals surface area contributed by atoms with Crippen molar-refractivity contribution >= 4 is 0 Å². The highest BCUT2D eigenvalue weighted by molar-refractivity contribution is 5.42. The molecule has 1 saturated heterocycles. The molecule has 2 heterocycles. The fraction of sp³-hybridized carbons (Fsp3) is 0.647. The Morgan fingerprint density at radius 3 is 2.85 bits per heavy atom. The van der Waals surface area contributed by atoms with E-state index in [9.17, 15) is 0 Å². The lowest BCUT2D eigenvalue weighted by molar-refractivity contribution is 0.0407. The molecule has 3 unspecified atom stereocenters. The van der Waals surface area contributed by atoms with Crippen molar-refractivity contribution in [1.29, 1.82) is 0 Å². The maximum absolute atomic E-state index is 6.47. The first-order valence-corrected chi connectivity index (χ1v) is 7.76. The molecule has 3 nitrogen and oxygen atoms in total. The monoisotopic (exact) mass is 274 g/mol. The minimum atomic E-state index is -0.0107. The average molecular weight is 274 g/mol. The zero-order valence-electron chi connectivity index (χ0n) is 13.1. The number of aryl methyl sites for hydroxylation is 1. The molecule has 0 aromatic heterocycles. The van der Waals surface area contributed by atoms with E-state index in [-0.39, 0.29) is 5.60 Å². The van der Waals surface area contributed by atoms with Gasteiger partial charge in [-0.05, 0) is 33.5 Å². The lowest BCUT2D eigenvalue weighted by atomic mass is 9.85. The molecule has 1 N–H and O–H groups in total. The quantitative estimate of drug-likeness (QED) is 0.897. The number of nitrogens with one attached hydrogen (secondary N) is 1. The van der Waals surface area contributed by atoms with Crippen molar-refractivity contribution in [1.82, 2.24) is 10.2 Å². The summed E-state index contributed by atoms with van der Waals surface area (Å²) < 4.78 is 6.47. The van der Waals surface area contributed by atoms with Crippen molar-refractivity contribution in [3.63, 3.8) is 0 Å². The van der Waals surface area contributed by atoms with Crippen molar-refractivity contribution in [2.24, 2.45) is 0 Å². The zero-order chi connectivity index (χ0) is 14.3. The van der Waals surface area contributed by atoms with Gasteiger partial charge in [-0.2, -0.15) is 0 Å². The first-order valence-electron chi connectivity index (χ1n) is 7.76. The normalized spacial score (nSPS) is 33.2. The van der Waals surface area contributed by atoms with E-state index in [1.54, 1.807) is 0 Å². The molecule has 2 aliphatic heterocycles. The van der Waals surface area contributed by atoms with Crippen LogP contribution in [-0.2, 0) is 0 Å². The Morgan fingerprint density at radius 2 is 2.20 bits per heavy atom. The highest BCUT2D eigenvalue weighted by Gasteiger charge is 2.47. The molecule has 0 saturated carbocycles. The first kappa shape index (κ1) is 13.9. The molecular weight excluding hydrogens is 248 g/mol. The Hall–Kier alpha value is -1.06. The topological polar surface area (TPSA) is 24.5 Å². The van der Waals surface area contributed by atoms with E-state index in [1.165, 1.54) is 11.1 Å². The molecule has 3 rings (SSSR count). The Balaban J connectivity index is 1.95. The SMILES string of the molecule is CCNC1CC2(CC(C)N(C)C2)Oc2ccc(C)cc21. The van der Waals surface area contributed by atoms with Gasteiger partial charge in [-0.1, -0.05) is 24.6 Å². The summed E-state index contributed by atoms with van der Waals surface area (Å²) in [6.45, 7) is 8.66. The van der Waals surface area contributed by atoms with Crippen LogP contribution in [0.2, 0.25) is 0 Å². The lowest BCUT2D eigenvalue weighted by Gasteiger charge is -2.40. The Labute approximate surface area is 122 Å². The summed E-state index contributed by atoms with van der Waals surface area (Å²) >= 11 is 0. The van der Waals surface area contributed by atoms with Gasteiger partial charge in [0.2, 0.25) is 0 Å². The van der Waals surface area contributed by atoms with Gasteiger partial charge in [0.1, 0.15) is 11.4 Å². The van der Waals surface area contributed by atoms with Gasteiger partial charge >= 0.3 is 0 Å². The Bertz CT molecular complexity index is 490. The third kappa shape index (κ3) is 2.33. The van der Waals surface area contributed by atoms with Crippen LogP contribution in [0.1, 0.15) is 43.9 Å². The van der Waals surface area contributed by atoms with Gasteiger partial charge in [-0.25, -0.2) is 0 Å². The van der Waals surface area contributed by atoms with Crippen LogP contribution in [0.15, 0.2) is 18.2 Å². The number of fused-ring (bicyclic) bond motifs is 1. The average Bonchev–Trinajstić information content (AvgIpc) is 2.65. The van der Waals surface area contributed by atoms with Crippen molar-refractivity contribution < 1.29 is 4.74 Å². The second-order valence-corrected chi connectivity index (χ2v) is 6.61. The second kappa shape index (κ2) is 5.05. The number of ether oxygens (including phenoxy) is 1. The molecular formula is C17H26N2O. The Kier molecular flexibility index (Phi) is 3.51. The zero-order valence-corrected chi connectivity index (χ0v) is 13.1. The van der Waals surface area contributed by atoms with Crippen LogP contribution >= 0.6 is 0 Å². The van der Waals surface area contributed by atoms with Crippen LogP contribution in [0.4, 0.5) is 0 Å². The van der Waals surface area contributed by atoms with Crippen LogP contribution in [0.25, 0.3) is 0 Å². The van der Waals surface area contributed by atoms with Crippen molar-refractivity contribution in [3.05, 3.63) is 29.3 Å². The third-order valence-corrected chi connectivity index (χ3v) is 4.85. The van der Waals surface area contributed by atoms with Crippen LogP contribution in [0, 0.1) is 6.92 Å². The van der Waals surface area contributed by atoms with Gasteiger partial charge < -0.3 is 10.1 Å². The standard InChI is InChI=1S/C17H26N2O/c1-5-18-15-10-17(9-13(3)19(4)11-17)20-16-7-6-12(2)8-14(15)16/h6-8,13,15,18H,5,9-11H2,1-4H3. The number of likely N-dealkylation sites (N-methyl/N-ethyl adjacent to an activating group) is 1. The summed E-state index contributed by atoms with van der Waals surface area (Å²) in [7, 11) is 2.20. The van der Waals surface area contributed by atoms with Crippen LogP contribution in [0.5, 0.6) is 5.75 Å². The van der Waals surface area contributed by atoms with Crippen molar-refractivity contribution in [2.75, 3.05) is 20.1 Å². The van der Waals surface area contributed by atoms with Gasteiger partial charge in [-0.3, -0.25) is 4.90 Å². The number of likely N-dealkylation sites (tertiary alicyclic amines) is 1. The number of benzene rings is 1. The fourth-order valence-corrected chi connectivity index (χ4v) is 3.81. The largest absolute Gasteiger partial charge is 0.485 e. The van der Waals surface area contributed by atoms with Gasteiger partial charge in [0.15, 0.2) is 0 Å². The maximum Gasteiger partial charge on any atom is 0.125 e. The highest BCUT2D eigenvalue weighted by Crippen LogP contribution is 2.45. The summed E-state index contributed by atoms with van der Waals surface area (Å²) in [6, 6.07) is 7.60. The fourth-order valence-electron chi connectivity index (χ4n) is 3.81. The summed E-state index contributed by atoms with van der Waals surface area (Å²) in [6.07, 6.45) is 2.20. The summed E-state index contributed by atoms with van der Waals surface area (Å²) in [4.78, 5) is 2.42. The molecule has 1 spiro atoms. The molecule has 1 aromatic carbocycles. The summed E-state index contributed by atoms with van der Waals surface area (Å²) in [5, 5.41) is 3.65. The van der Waals surface area contributed by atoms with Crippen molar-refractivity contribution in [3.8, 4) is 5.75 Å². The third-order valence-electron chi connectivity index (χ3n) is 4.85. The molecule has 0 radical (unpaired) electrons. The molecule has 1 aromatic rings. The van der Waals surface area contributed by atoms with Gasteiger partial charge in [-0.15, -0.1) is 0 Å². The molecule has 110 valence electrons. The molecule has 0 aliphatic carbocycles. The van der Waals surface area contributed by atoms with Crippen molar-refractivity contribution in [2.45, 2.75) is 51.3 Å². The van der Waals surface area contributed by atoms with E-state index in [1.807, 2.05) is 0 Å². The molecule has 2 aliphatic rings. The van der Waals surface area contributed by atoms with E-state index in [4.69, 9.17) is 4.74 Å². The Morgan fingerprint density at radius 1 is 1.40 bits per heavy atom. The van der Waals surface area contributed by atoms with Gasteiger partial charge in [0.25, 0.3) is 0 Å². The molecule has 0 amide bonds. The van der Waals surface area contributed by atoms with Crippen LogP contribution in [-0.4, -0.2) is 36.7 Å². The van der Waals surface area contributed by atoms with Gasteiger partial charge in [0, 0.05) is 37.0 Å². The molecule has 1 fully saturated rings. The molecule has 20 heavy (non-hydrogen) atoms. The van der Waals surface area contributed by atoms with E-state index >= 15 is 0 Å². The summed E-state index contributed by atoms with van der Waals surface area (Å²) in [5.74, 6) is 1.08. The predicted molar refractivity (Wildman–Crippen MR) is 82.3 cm³/mol. The maximum atomic E-state index is 6.47. The van der Waals surface area contributed by atoms with E-state index in [2.05, 4.69) is 56.2 Å². The molecule has 3 heteroatoms. The lowest BCUT2D eigenvalue weighted by Crippen LogP contribution is -2.45. The smallest absolute Gasteiger partial charge is 0.125 e. The minimum Gasteiger partial charge on any atom is -0.485 e. The highest BCUT2D eigenvalue weighted by atomic mass is 16.5. The minimum absolute atomic E-state index is 0.0107. The van der Waals surface area contributed by atoms with Gasteiger partial charge in [0.05, 0.1) is 0 Å². The van der Waals surface area contributed by atoms with Crippen LogP contribution < -0.4 is 10.1 Å². The van der Waals surface area contributed by atoms with E-state index in [0.29, 0.717) is 12.1 Å². The molecule has 0 bridgehead atoms. The number of rotatable bonds is 2. The first-order chi connectivity index (χ1) is 9.53. The van der Waals surface area contributed by atoms with E-state index < -0.39 is 0 Å². The second-order valence-electron chi connectivity index (χ2n) is 6.61. The van der Waals surface area contributed by atoms with Crippen LogP contribution in [0.3, 0.4) is 0 Å². The molecule has 3 atom stereocenters. The predicted octanol–water partition coefficient (Wildman–Crippen LogP) is 2.89. The number of hydrogen-bond donors (Lipinski definition) is 1. The summed E-state index contributed by atoms with van der Waals surface area (Å²) in [5.41, 5.74) is 2.63. The number of hydrogen-bond acceptors (Lipinski definition) is 3. The number of nitrogens with zero attached hydrogens (tertiary/aromatic N) is 1.